The van der Waals surface area contributed by atoms with Gasteiger partial charge in [-0.1, -0.05) is 30.3 Å². The van der Waals surface area contributed by atoms with Crippen molar-refractivity contribution >= 4 is 5.97 Å². The molecule has 1 N–H and O–H groups in total. The van der Waals surface area contributed by atoms with Crippen LogP contribution >= 0.6 is 0 Å². The molecule has 0 heterocycles. The topological polar surface area (TPSA) is 38.3 Å². The molecule has 0 aromatic heterocycles. The largest absolute Gasteiger partial charge is 0.469 e. The van der Waals surface area contributed by atoms with E-state index < -0.39 is 0 Å². The highest BCUT2D eigenvalue weighted by molar-refractivity contribution is 5.82. The van der Waals surface area contributed by atoms with E-state index in [0.717, 1.165) is 25.8 Å². The monoisotopic (exact) mass is 231 g/mol. The average Bonchev–Trinajstić information content (AvgIpc) is 2.26. The predicted molar refractivity (Wildman–Crippen MR) is 64.3 cm³/mol. The smallest absolute Gasteiger partial charge is 0.312 e. The van der Waals surface area contributed by atoms with E-state index in [2.05, 4.69) is 29.6 Å². The highest BCUT2D eigenvalue weighted by atomic mass is 16.5. The van der Waals surface area contributed by atoms with Gasteiger partial charge in [0.2, 0.25) is 0 Å². The zero-order valence-electron chi connectivity index (χ0n) is 10.0. The molecule has 3 aliphatic rings. The molecule has 1 aromatic rings. The summed E-state index contributed by atoms with van der Waals surface area (Å²) in [6.45, 7) is 0.887. The summed E-state index contributed by atoms with van der Waals surface area (Å²) in [5.74, 6) is -0.0270. The van der Waals surface area contributed by atoms with Crippen molar-refractivity contribution in [1.82, 2.24) is 5.32 Å². The minimum atomic E-state index is -0.140. The molecule has 4 rings (SSSR count). The Kier molecular flexibility index (Phi) is 2.26. The molecular weight excluding hydrogens is 214 g/mol. The molecule has 90 valence electrons. The van der Waals surface area contributed by atoms with E-state index in [1.54, 1.807) is 0 Å². The van der Waals surface area contributed by atoms with Gasteiger partial charge in [-0.2, -0.15) is 0 Å². The summed E-state index contributed by atoms with van der Waals surface area (Å²) in [5.41, 5.74) is 1.37. The fourth-order valence-corrected chi connectivity index (χ4v) is 3.29. The quantitative estimate of drug-likeness (QED) is 0.804. The second-order valence-electron chi connectivity index (χ2n) is 5.42. The zero-order valence-corrected chi connectivity index (χ0v) is 10.0. The van der Waals surface area contributed by atoms with Crippen LogP contribution in [0.5, 0.6) is 0 Å². The predicted octanol–water partition coefficient (Wildman–Crippen LogP) is 1.87. The van der Waals surface area contributed by atoms with Gasteiger partial charge in [0.15, 0.2) is 0 Å². The Morgan fingerprint density at radius 1 is 1.29 bits per heavy atom. The summed E-state index contributed by atoms with van der Waals surface area (Å²) in [5, 5.41) is 3.57. The number of carbonyl (C=O) groups excluding carboxylic acids is 1. The van der Waals surface area contributed by atoms with Crippen molar-refractivity contribution in [2.45, 2.75) is 31.3 Å². The van der Waals surface area contributed by atoms with Crippen molar-refractivity contribution in [3.8, 4) is 0 Å². The first-order valence-electron chi connectivity index (χ1n) is 6.06. The van der Waals surface area contributed by atoms with Gasteiger partial charge >= 0.3 is 5.97 Å². The summed E-state index contributed by atoms with van der Waals surface area (Å²) in [6.07, 6.45) is 2.83. The summed E-state index contributed by atoms with van der Waals surface area (Å²) >= 11 is 0. The minimum Gasteiger partial charge on any atom is -0.469 e. The van der Waals surface area contributed by atoms with Gasteiger partial charge in [0.1, 0.15) is 0 Å². The third kappa shape index (κ3) is 1.57. The van der Waals surface area contributed by atoms with Crippen molar-refractivity contribution in [3.63, 3.8) is 0 Å². The van der Waals surface area contributed by atoms with E-state index in [0.29, 0.717) is 0 Å². The average molecular weight is 231 g/mol. The normalized spacial score (nSPS) is 33.5. The highest BCUT2D eigenvalue weighted by Gasteiger charge is 2.72. The van der Waals surface area contributed by atoms with Crippen LogP contribution in [0, 0.1) is 5.41 Å². The Bertz CT molecular complexity index is 421. The van der Waals surface area contributed by atoms with Gasteiger partial charge in [0.25, 0.3) is 0 Å². The first-order chi connectivity index (χ1) is 8.18. The molecule has 3 saturated carbocycles. The molecule has 0 aliphatic heterocycles. The third-order valence-corrected chi connectivity index (χ3v) is 4.16. The molecule has 0 unspecified atom stereocenters. The molecule has 2 bridgehead atoms. The lowest BCUT2D eigenvalue weighted by Gasteiger charge is -2.68. The van der Waals surface area contributed by atoms with E-state index in [9.17, 15) is 4.79 Å². The number of esters is 1. The highest BCUT2D eigenvalue weighted by Crippen LogP contribution is 2.67. The molecule has 1 aromatic carbocycles. The summed E-state index contributed by atoms with van der Waals surface area (Å²) in [7, 11) is 1.48. The van der Waals surface area contributed by atoms with Crippen LogP contribution in [-0.2, 0) is 16.1 Å². The Morgan fingerprint density at radius 3 is 2.53 bits per heavy atom. The molecule has 17 heavy (non-hydrogen) atoms. The first kappa shape index (κ1) is 10.8. The van der Waals surface area contributed by atoms with Gasteiger partial charge in [-0.15, -0.1) is 0 Å². The first-order valence-corrected chi connectivity index (χ1v) is 6.06. The van der Waals surface area contributed by atoms with Crippen LogP contribution < -0.4 is 5.32 Å². The molecule has 0 atom stereocenters. The molecule has 3 heteroatoms. The van der Waals surface area contributed by atoms with Crippen molar-refractivity contribution in [3.05, 3.63) is 35.9 Å². The molecule has 3 aliphatic carbocycles. The fourth-order valence-electron chi connectivity index (χ4n) is 3.29. The van der Waals surface area contributed by atoms with Gasteiger partial charge in [0, 0.05) is 12.1 Å². The fraction of sp³-hybridized carbons (Fsp3) is 0.500. The molecule has 0 saturated heterocycles. The number of hydrogen-bond acceptors (Lipinski definition) is 3. The van der Waals surface area contributed by atoms with Crippen LogP contribution in [0.25, 0.3) is 0 Å². The Balaban J connectivity index is 1.53. The number of benzene rings is 1. The van der Waals surface area contributed by atoms with Crippen molar-refractivity contribution in [1.29, 1.82) is 0 Å². The van der Waals surface area contributed by atoms with E-state index in [-0.39, 0.29) is 16.9 Å². The van der Waals surface area contributed by atoms with E-state index >= 15 is 0 Å². The summed E-state index contributed by atoms with van der Waals surface area (Å²) in [4.78, 5) is 11.5. The standard InChI is InChI=1S/C14H17NO2/c1-17-12(16)13-8-14(9-13,10-13)15-7-11-5-3-2-4-6-11/h2-6,15H,7-10H2,1H3. The van der Waals surface area contributed by atoms with Crippen molar-refractivity contribution in [2.24, 2.45) is 5.41 Å². The Labute approximate surface area is 101 Å². The molecule has 3 fully saturated rings. The lowest BCUT2D eigenvalue weighted by atomic mass is 9.39. The maximum Gasteiger partial charge on any atom is 0.312 e. The lowest BCUT2D eigenvalue weighted by Crippen LogP contribution is -2.76. The third-order valence-electron chi connectivity index (χ3n) is 4.16. The number of ether oxygens (including phenoxy) is 1. The molecule has 0 radical (unpaired) electrons. The molecule has 0 amide bonds. The second-order valence-corrected chi connectivity index (χ2v) is 5.42. The number of nitrogens with one attached hydrogen (secondary N) is 1. The molecule has 0 spiro atoms. The van der Waals surface area contributed by atoms with Gasteiger partial charge in [-0.3, -0.25) is 4.79 Å². The van der Waals surface area contributed by atoms with Gasteiger partial charge in [-0.05, 0) is 24.8 Å². The van der Waals surface area contributed by atoms with Gasteiger partial charge in [-0.25, -0.2) is 0 Å². The maximum absolute atomic E-state index is 11.5. The van der Waals surface area contributed by atoms with Crippen LogP contribution in [0.1, 0.15) is 24.8 Å². The number of hydrogen-bond donors (Lipinski definition) is 1. The Morgan fingerprint density at radius 2 is 1.94 bits per heavy atom. The minimum absolute atomic E-state index is 0.0270. The van der Waals surface area contributed by atoms with Crippen molar-refractivity contribution in [2.75, 3.05) is 7.11 Å². The molecular formula is C14H17NO2. The van der Waals surface area contributed by atoms with E-state index in [1.807, 2.05) is 6.07 Å². The van der Waals surface area contributed by atoms with Crippen LogP contribution in [0.15, 0.2) is 30.3 Å². The van der Waals surface area contributed by atoms with Gasteiger partial charge < -0.3 is 10.1 Å². The zero-order chi connectivity index (χ0) is 11.9. The van der Waals surface area contributed by atoms with Crippen LogP contribution in [-0.4, -0.2) is 18.6 Å². The maximum atomic E-state index is 11.5. The van der Waals surface area contributed by atoms with E-state index in [1.165, 1.54) is 12.7 Å². The van der Waals surface area contributed by atoms with E-state index in [4.69, 9.17) is 4.74 Å². The second kappa shape index (κ2) is 3.57. The SMILES string of the molecule is COC(=O)C12CC(NCc3ccccc3)(C1)C2. The summed E-state index contributed by atoms with van der Waals surface area (Å²) in [6, 6.07) is 10.4. The number of rotatable bonds is 4. The number of methoxy groups -OCH3 is 1. The van der Waals surface area contributed by atoms with Crippen LogP contribution in [0.2, 0.25) is 0 Å². The van der Waals surface area contributed by atoms with Crippen molar-refractivity contribution < 1.29 is 9.53 Å². The van der Waals surface area contributed by atoms with Crippen LogP contribution in [0.3, 0.4) is 0 Å². The molecule has 3 nitrogen and oxygen atoms in total. The Hall–Kier alpha value is -1.35. The van der Waals surface area contributed by atoms with Gasteiger partial charge in [0.05, 0.1) is 12.5 Å². The lowest BCUT2D eigenvalue weighted by molar-refractivity contribution is -0.202. The summed E-state index contributed by atoms with van der Waals surface area (Å²) < 4.78 is 4.84. The number of carbonyl (C=O) groups is 1. The van der Waals surface area contributed by atoms with Crippen LogP contribution in [0.4, 0.5) is 0 Å².